The molecule has 3 aromatic carbocycles. The summed E-state index contributed by atoms with van der Waals surface area (Å²) < 4.78 is 48.8. The molecule has 1 amide bonds. The first-order chi connectivity index (χ1) is 20.2. The van der Waals surface area contributed by atoms with E-state index in [1.807, 2.05) is 6.07 Å². The standard InChI is InChI=1S/C31H25FN4O5S/c1-20-25(27-11-5-6-17-36(27)29(20)30(37)21-13-15-23(32)16-14-21)19-33-34-31(38)22-8-7-9-24(18-22)42(39,40)35-26-10-3-4-12-28(26)41-2/h3-19,35H,1-2H3,(H,34,38)/b33-19-. The number of sulfonamides is 1. The maximum atomic E-state index is 13.4. The number of nitrogens with zero attached hydrogens (tertiary/aromatic N) is 2. The first-order valence-corrected chi connectivity index (χ1v) is 14.2. The number of carbonyl (C=O) groups excluding carboxylic acids is 2. The highest BCUT2D eigenvalue weighted by molar-refractivity contribution is 7.92. The maximum absolute atomic E-state index is 13.4. The van der Waals surface area contributed by atoms with Crippen molar-refractivity contribution in [1.82, 2.24) is 9.83 Å². The van der Waals surface area contributed by atoms with Crippen LogP contribution in [-0.4, -0.2) is 37.8 Å². The Morgan fingerprint density at radius 1 is 0.929 bits per heavy atom. The van der Waals surface area contributed by atoms with Gasteiger partial charge < -0.3 is 9.14 Å². The highest BCUT2D eigenvalue weighted by atomic mass is 32.2. The van der Waals surface area contributed by atoms with Crippen LogP contribution in [0.2, 0.25) is 0 Å². The number of benzene rings is 3. The van der Waals surface area contributed by atoms with Gasteiger partial charge in [0.1, 0.15) is 11.6 Å². The zero-order valence-electron chi connectivity index (χ0n) is 22.5. The van der Waals surface area contributed by atoms with E-state index in [2.05, 4.69) is 15.2 Å². The SMILES string of the molecule is COc1ccccc1NS(=O)(=O)c1cccc(C(=O)N/N=C\c2c(C)c(C(=O)c3ccc(F)cc3)n3ccccc23)c1. The molecular formula is C31H25FN4O5S. The third-order valence-electron chi connectivity index (χ3n) is 6.57. The molecule has 42 heavy (non-hydrogen) atoms. The molecule has 0 aliphatic rings. The molecule has 0 unspecified atom stereocenters. The van der Waals surface area contributed by atoms with Gasteiger partial charge in [0.25, 0.3) is 15.9 Å². The second-order valence-corrected chi connectivity index (χ2v) is 10.9. The van der Waals surface area contributed by atoms with E-state index in [1.54, 1.807) is 53.9 Å². The van der Waals surface area contributed by atoms with Crippen molar-refractivity contribution in [2.24, 2.45) is 5.10 Å². The maximum Gasteiger partial charge on any atom is 0.271 e. The van der Waals surface area contributed by atoms with Crippen molar-refractivity contribution in [1.29, 1.82) is 0 Å². The van der Waals surface area contributed by atoms with Crippen molar-refractivity contribution in [3.63, 3.8) is 0 Å². The second-order valence-electron chi connectivity index (χ2n) is 9.21. The summed E-state index contributed by atoms with van der Waals surface area (Å²) in [4.78, 5) is 26.1. The summed E-state index contributed by atoms with van der Waals surface area (Å²) >= 11 is 0. The molecule has 0 aliphatic heterocycles. The molecule has 0 radical (unpaired) electrons. The molecule has 0 aliphatic carbocycles. The first kappa shape index (κ1) is 28.2. The lowest BCUT2D eigenvalue weighted by Gasteiger charge is -2.12. The molecule has 5 rings (SSSR count). The van der Waals surface area contributed by atoms with Gasteiger partial charge in [0.2, 0.25) is 5.78 Å². The predicted molar refractivity (Wildman–Crippen MR) is 157 cm³/mol. The first-order valence-electron chi connectivity index (χ1n) is 12.7. The van der Waals surface area contributed by atoms with Gasteiger partial charge >= 0.3 is 0 Å². The summed E-state index contributed by atoms with van der Waals surface area (Å²) in [6.45, 7) is 1.76. The van der Waals surface area contributed by atoms with Gasteiger partial charge in [-0.1, -0.05) is 24.3 Å². The van der Waals surface area contributed by atoms with E-state index in [0.29, 0.717) is 33.7 Å². The van der Waals surface area contributed by atoms with E-state index in [0.717, 1.165) is 0 Å². The summed E-state index contributed by atoms with van der Waals surface area (Å²) in [7, 11) is -2.60. The molecule has 5 aromatic rings. The molecule has 11 heteroatoms. The number of hydrazone groups is 1. The Hall–Kier alpha value is -5.29. The molecular weight excluding hydrogens is 559 g/mol. The number of anilines is 1. The number of aromatic nitrogens is 1. The molecule has 2 heterocycles. The van der Waals surface area contributed by atoms with Crippen LogP contribution in [0.4, 0.5) is 10.1 Å². The lowest BCUT2D eigenvalue weighted by atomic mass is 10.0. The number of hydrogen-bond acceptors (Lipinski definition) is 6. The van der Waals surface area contributed by atoms with Crippen molar-refractivity contribution in [3.8, 4) is 5.75 Å². The van der Waals surface area contributed by atoms with Gasteiger partial charge in [-0.15, -0.1) is 0 Å². The molecule has 0 bridgehead atoms. The minimum Gasteiger partial charge on any atom is -0.495 e. The number of pyridine rings is 1. The number of carbonyl (C=O) groups is 2. The van der Waals surface area contributed by atoms with Crippen LogP contribution in [0.1, 0.15) is 37.5 Å². The minimum absolute atomic E-state index is 0.0701. The number of rotatable bonds is 9. The molecule has 0 fully saturated rings. The molecule has 0 atom stereocenters. The Morgan fingerprint density at radius 3 is 2.43 bits per heavy atom. The summed E-state index contributed by atoms with van der Waals surface area (Å²) in [5.41, 5.74) is 5.34. The number of fused-ring (bicyclic) bond motifs is 1. The summed E-state index contributed by atoms with van der Waals surface area (Å²) in [6.07, 6.45) is 3.16. The normalized spacial score (nSPS) is 11.5. The fourth-order valence-corrected chi connectivity index (χ4v) is 5.61. The van der Waals surface area contributed by atoms with E-state index in [-0.39, 0.29) is 21.9 Å². The van der Waals surface area contributed by atoms with Crippen molar-refractivity contribution in [2.75, 3.05) is 11.8 Å². The van der Waals surface area contributed by atoms with Crippen LogP contribution in [0.15, 0.2) is 107 Å². The van der Waals surface area contributed by atoms with E-state index < -0.39 is 21.7 Å². The quantitative estimate of drug-likeness (QED) is 0.140. The number of ether oxygens (including phenoxy) is 1. The van der Waals surface area contributed by atoms with Crippen molar-refractivity contribution < 1.29 is 27.1 Å². The van der Waals surface area contributed by atoms with Gasteiger partial charge in [0, 0.05) is 22.9 Å². The molecule has 2 aromatic heterocycles. The van der Waals surface area contributed by atoms with Crippen LogP contribution in [-0.2, 0) is 10.0 Å². The van der Waals surface area contributed by atoms with E-state index in [1.165, 1.54) is 61.9 Å². The van der Waals surface area contributed by atoms with Gasteiger partial charge in [-0.2, -0.15) is 5.10 Å². The van der Waals surface area contributed by atoms with Crippen LogP contribution >= 0.6 is 0 Å². The number of methoxy groups -OCH3 is 1. The number of para-hydroxylation sites is 2. The Labute approximate surface area is 241 Å². The Morgan fingerprint density at radius 2 is 1.67 bits per heavy atom. The average Bonchev–Trinajstić information content (AvgIpc) is 3.28. The smallest absolute Gasteiger partial charge is 0.271 e. The highest BCUT2D eigenvalue weighted by Crippen LogP contribution is 2.27. The Balaban J connectivity index is 1.38. The molecule has 2 N–H and O–H groups in total. The van der Waals surface area contributed by atoms with E-state index in [4.69, 9.17) is 4.74 Å². The topological polar surface area (TPSA) is 118 Å². The molecule has 9 nitrogen and oxygen atoms in total. The van der Waals surface area contributed by atoms with Gasteiger partial charge in [0.15, 0.2) is 0 Å². The number of halogens is 1. The lowest BCUT2D eigenvalue weighted by Crippen LogP contribution is -2.19. The van der Waals surface area contributed by atoms with Gasteiger partial charge in [-0.3, -0.25) is 14.3 Å². The predicted octanol–water partition coefficient (Wildman–Crippen LogP) is 5.19. The third-order valence-corrected chi connectivity index (χ3v) is 7.94. The number of ketones is 1. The van der Waals surface area contributed by atoms with Crippen LogP contribution in [0.5, 0.6) is 5.75 Å². The zero-order valence-corrected chi connectivity index (χ0v) is 23.4. The van der Waals surface area contributed by atoms with Gasteiger partial charge in [-0.05, 0) is 79.2 Å². The van der Waals surface area contributed by atoms with Crippen LogP contribution < -0.4 is 14.9 Å². The van der Waals surface area contributed by atoms with Crippen LogP contribution in [0, 0.1) is 12.7 Å². The lowest BCUT2D eigenvalue weighted by molar-refractivity contribution is 0.0954. The van der Waals surface area contributed by atoms with Gasteiger partial charge in [0.05, 0.1) is 35.1 Å². The fourth-order valence-electron chi connectivity index (χ4n) is 4.50. The van der Waals surface area contributed by atoms with Crippen molar-refractivity contribution in [2.45, 2.75) is 11.8 Å². The molecule has 0 saturated carbocycles. The number of nitrogens with one attached hydrogen (secondary N) is 2. The number of hydrogen-bond donors (Lipinski definition) is 2. The Bertz CT molecular complexity index is 1950. The largest absolute Gasteiger partial charge is 0.495 e. The van der Waals surface area contributed by atoms with E-state index in [9.17, 15) is 22.4 Å². The monoisotopic (exact) mass is 584 g/mol. The highest BCUT2D eigenvalue weighted by Gasteiger charge is 2.21. The van der Waals surface area contributed by atoms with Crippen molar-refractivity contribution in [3.05, 3.63) is 131 Å². The Kier molecular flexibility index (Phi) is 7.85. The van der Waals surface area contributed by atoms with Crippen LogP contribution in [0.25, 0.3) is 5.52 Å². The second kappa shape index (κ2) is 11.7. The van der Waals surface area contributed by atoms with E-state index >= 15 is 0 Å². The average molecular weight is 585 g/mol. The number of amides is 1. The molecule has 0 spiro atoms. The summed E-state index contributed by atoms with van der Waals surface area (Å²) in [5, 5.41) is 4.09. The molecule has 0 saturated heterocycles. The third kappa shape index (κ3) is 5.63. The van der Waals surface area contributed by atoms with Crippen molar-refractivity contribution >= 4 is 39.1 Å². The minimum atomic E-state index is -4.03. The fraction of sp³-hybridized carbons (Fsp3) is 0.0645. The zero-order chi connectivity index (χ0) is 29.9. The molecule has 212 valence electrons. The van der Waals surface area contributed by atoms with Crippen LogP contribution in [0.3, 0.4) is 0 Å². The summed E-state index contributed by atoms with van der Waals surface area (Å²) in [5.74, 6) is -1.02. The summed E-state index contributed by atoms with van der Waals surface area (Å²) in [6, 6.07) is 22.8. The van der Waals surface area contributed by atoms with Gasteiger partial charge in [-0.25, -0.2) is 18.2 Å².